The zero-order valence-corrected chi connectivity index (χ0v) is 29.0. The highest BCUT2D eigenvalue weighted by Crippen LogP contribution is 2.45. The highest BCUT2D eigenvalue weighted by molar-refractivity contribution is 8.77. The average molecular weight is 727 g/mol. The van der Waals surface area contributed by atoms with Crippen molar-refractivity contribution in [1.82, 2.24) is 0 Å². The van der Waals surface area contributed by atoms with Crippen LogP contribution in [0.15, 0.2) is 0 Å². The molecular weight excluding hydrogens is 688 g/mol. The van der Waals surface area contributed by atoms with Gasteiger partial charge in [-0.2, -0.15) is 0 Å². The fourth-order valence-corrected chi connectivity index (χ4v) is 7.46. The van der Waals surface area contributed by atoms with Gasteiger partial charge < -0.3 is 47.4 Å². The molecule has 0 radical (unpaired) electrons. The molecule has 10 atom stereocenters. The number of rotatable bonds is 13. The Kier molecular flexibility index (Phi) is 15.9. The second kappa shape index (κ2) is 18.8. The molecule has 2 aliphatic heterocycles. The number of ether oxygens (including phenoxy) is 10. The molecule has 0 saturated carbocycles. The monoisotopic (exact) mass is 726 g/mol. The van der Waals surface area contributed by atoms with Crippen LogP contribution in [-0.4, -0.2) is 121 Å². The van der Waals surface area contributed by atoms with Crippen LogP contribution in [0.5, 0.6) is 0 Å². The van der Waals surface area contributed by atoms with E-state index < -0.39 is 121 Å². The zero-order valence-electron chi connectivity index (χ0n) is 27.4. The third-order valence-corrected chi connectivity index (χ3v) is 8.86. The second-order valence-corrected chi connectivity index (χ2v) is 12.8. The summed E-state index contributed by atoms with van der Waals surface area (Å²) in [5, 5.41) is 0. The predicted octanol–water partition coefficient (Wildman–Crippen LogP) is 0.534. The van der Waals surface area contributed by atoms with Crippen LogP contribution < -0.4 is 0 Å². The van der Waals surface area contributed by atoms with Crippen LogP contribution in [0.1, 0.15) is 55.4 Å². The largest absolute Gasteiger partial charge is 0.463 e. The Labute approximate surface area is 283 Å². The van der Waals surface area contributed by atoms with Gasteiger partial charge in [-0.25, -0.2) is 0 Å². The van der Waals surface area contributed by atoms with E-state index in [-0.39, 0.29) is 0 Å². The molecule has 0 aliphatic carbocycles. The van der Waals surface area contributed by atoms with E-state index in [4.69, 9.17) is 47.4 Å². The van der Waals surface area contributed by atoms with E-state index in [1.54, 1.807) is 0 Å². The van der Waals surface area contributed by atoms with Crippen molar-refractivity contribution in [2.45, 2.75) is 115 Å². The Bertz CT molecular complexity index is 1130. The van der Waals surface area contributed by atoms with Crippen molar-refractivity contribution in [3.63, 3.8) is 0 Å². The minimum Gasteiger partial charge on any atom is -0.463 e. The highest BCUT2D eigenvalue weighted by Gasteiger charge is 2.55. The molecule has 2 heterocycles. The molecule has 18 nitrogen and oxygen atoms in total. The van der Waals surface area contributed by atoms with E-state index in [0.29, 0.717) is 0 Å². The number of hydrogen-bond donors (Lipinski definition) is 0. The van der Waals surface area contributed by atoms with Gasteiger partial charge in [-0.3, -0.25) is 38.4 Å². The first-order chi connectivity index (χ1) is 22.4. The molecule has 2 rings (SSSR count). The van der Waals surface area contributed by atoms with Gasteiger partial charge in [-0.05, 0) is 0 Å². The Hall–Kier alpha value is -3.62. The normalized spacial score (nSPS) is 29.7. The smallest absolute Gasteiger partial charge is 0.303 e. The third kappa shape index (κ3) is 12.8. The zero-order chi connectivity index (χ0) is 36.3. The number of esters is 8. The molecule has 0 unspecified atom stereocenters. The van der Waals surface area contributed by atoms with Crippen LogP contribution in [0.2, 0.25) is 0 Å². The summed E-state index contributed by atoms with van der Waals surface area (Å²) in [6.07, 6.45) is -11.1. The van der Waals surface area contributed by atoms with E-state index in [1.807, 2.05) is 0 Å². The van der Waals surface area contributed by atoms with Crippen LogP contribution in [0.4, 0.5) is 0 Å². The van der Waals surface area contributed by atoms with Crippen molar-refractivity contribution in [2.24, 2.45) is 0 Å². The maximum atomic E-state index is 12.2. The van der Waals surface area contributed by atoms with Gasteiger partial charge in [-0.15, -0.1) is 0 Å². The van der Waals surface area contributed by atoms with Gasteiger partial charge in [0.25, 0.3) is 0 Å². The van der Waals surface area contributed by atoms with Gasteiger partial charge in [0, 0.05) is 55.4 Å². The molecule has 48 heavy (non-hydrogen) atoms. The van der Waals surface area contributed by atoms with E-state index in [2.05, 4.69) is 0 Å². The van der Waals surface area contributed by atoms with Gasteiger partial charge in [0.2, 0.25) is 0 Å². The van der Waals surface area contributed by atoms with Crippen LogP contribution >= 0.6 is 21.6 Å². The molecule has 2 aliphatic rings. The van der Waals surface area contributed by atoms with Gasteiger partial charge >= 0.3 is 47.8 Å². The Balaban J connectivity index is 2.57. The quantitative estimate of drug-likeness (QED) is 0.143. The molecule has 0 spiro atoms. The second-order valence-electron chi connectivity index (χ2n) is 10.3. The van der Waals surface area contributed by atoms with Gasteiger partial charge in [0.15, 0.2) is 47.5 Å². The first-order valence-electron chi connectivity index (χ1n) is 14.3. The lowest BCUT2D eigenvalue weighted by Crippen LogP contribution is -2.62. The van der Waals surface area contributed by atoms with Gasteiger partial charge in [-0.1, -0.05) is 21.6 Å². The first-order valence-corrected chi connectivity index (χ1v) is 16.6. The lowest BCUT2D eigenvalue weighted by Gasteiger charge is -2.46. The van der Waals surface area contributed by atoms with Crippen molar-refractivity contribution in [1.29, 1.82) is 0 Å². The Morgan fingerprint density at radius 1 is 0.396 bits per heavy atom. The maximum absolute atomic E-state index is 12.2. The maximum Gasteiger partial charge on any atom is 0.303 e. The van der Waals surface area contributed by atoms with Gasteiger partial charge in [0.1, 0.15) is 25.4 Å². The Morgan fingerprint density at radius 2 is 0.646 bits per heavy atom. The SMILES string of the molecule is CC(=O)OC[C@H]1O[C@H](SS[C@H]2O[C@H](COC(C)=O)[C@@H](OC(C)=O)[C@H](OC(C)=O)[C@@H]2OC(C)=O)[C@@H](OC(C)=O)[C@@H](OC(C)=O)[C@@H]1OC(C)=O. The summed E-state index contributed by atoms with van der Waals surface area (Å²) >= 11 is 0. The number of carbonyl (C=O) groups is 8. The lowest BCUT2D eigenvalue weighted by atomic mass is 9.99. The summed E-state index contributed by atoms with van der Waals surface area (Å²) in [5.74, 6) is -6.37. The minimum atomic E-state index is -1.46. The Morgan fingerprint density at radius 3 is 0.896 bits per heavy atom. The standard InChI is InChI=1S/C28H38O18S2/c1-11(29)37-9-19-21(39-13(3)31)23(41-15(5)33)25(43-17(7)35)27(45-19)47-48-28-26(44-18(8)36)24(42-16(6)34)22(40-14(4)32)20(46-28)10-38-12(2)30/h19-28H,9-10H2,1-8H3/t19-,20-,21-,22-,23+,24+,25+,26+,27-,28-/m1/s1. The van der Waals surface area contributed by atoms with Crippen molar-refractivity contribution in [3.8, 4) is 0 Å². The van der Waals surface area contributed by atoms with Crippen LogP contribution in [-0.2, 0) is 85.7 Å². The summed E-state index contributed by atoms with van der Waals surface area (Å²) in [7, 11) is 1.62. The van der Waals surface area contributed by atoms with Crippen LogP contribution in [0.3, 0.4) is 0 Å². The van der Waals surface area contributed by atoms with Crippen molar-refractivity contribution < 1.29 is 85.7 Å². The molecule has 0 aromatic heterocycles. The molecule has 0 aromatic carbocycles. The molecular formula is C28H38O18S2. The molecule has 0 amide bonds. The van der Waals surface area contributed by atoms with E-state index >= 15 is 0 Å². The van der Waals surface area contributed by atoms with Gasteiger partial charge in [0.05, 0.1) is 0 Å². The summed E-state index contributed by atoms with van der Waals surface area (Å²) in [4.78, 5) is 96.1. The van der Waals surface area contributed by atoms with Crippen molar-refractivity contribution >= 4 is 69.3 Å². The summed E-state index contributed by atoms with van der Waals surface area (Å²) in [6.45, 7) is 7.75. The molecule has 2 saturated heterocycles. The first kappa shape index (κ1) is 40.6. The lowest BCUT2D eigenvalue weighted by molar-refractivity contribution is -0.238. The number of carbonyl (C=O) groups excluding carboxylic acids is 8. The molecule has 270 valence electrons. The van der Waals surface area contributed by atoms with Crippen molar-refractivity contribution in [3.05, 3.63) is 0 Å². The molecule has 2 fully saturated rings. The van der Waals surface area contributed by atoms with E-state index in [1.165, 1.54) is 0 Å². The average Bonchev–Trinajstić information content (AvgIpc) is 2.93. The molecule has 0 N–H and O–H groups in total. The van der Waals surface area contributed by atoms with E-state index in [9.17, 15) is 38.4 Å². The topological polar surface area (TPSA) is 229 Å². The highest BCUT2D eigenvalue weighted by atomic mass is 33.1. The van der Waals surface area contributed by atoms with E-state index in [0.717, 1.165) is 77.0 Å². The fourth-order valence-electron chi connectivity index (χ4n) is 4.64. The predicted molar refractivity (Wildman–Crippen MR) is 159 cm³/mol. The van der Waals surface area contributed by atoms with Crippen LogP contribution in [0.25, 0.3) is 0 Å². The summed E-state index contributed by atoms with van der Waals surface area (Å²) < 4.78 is 54.9. The molecule has 20 heteroatoms. The summed E-state index contributed by atoms with van der Waals surface area (Å²) in [5.41, 5.74) is -2.55. The van der Waals surface area contributed by atoms with Crippen LogP contribution in [0, 0.1) is 0 Å². The third-order valence-electron chi connectivity index (χ3n) is 6.14. The minimum absolute atomic E-state index is 0.474. The summed E-state index contributed by atoms with van der Waals surface area (Å²) in [6, 6.07) is 0. The molecule has 0 bridgehead atoms. The molecule has 0 aromatic rings. The fraction of sp³-hybridized carbons (Fsp3) is 0.714. The van der Waals surface area contributed by atoms with Crippen molar-refractivity contribution in [2.75, 3.05) is 13.2 Å². The number of hydrogen-bond acceptors (Lipinski definition) is 20.